The summed E-state index contributed by atoms with van der Waals surface area (Å²) >= 11 is 6.17. The number of guanidine groups is 1. The van der Waals surface area contributed by atoms with Crippen LogP contribution < -0.4 is 15.4 Å². The van der Waals surface area contributed by atoms with Gasteiger partial charge in [-0.15, -0.1) is 0 Å². The number of ether oxygens (including phenoxy) is 2. The summed E-state index contributed by atoms with van der Waals surface area (Å²) < 4.78 is 10.0. The van der Waals surface area contributed by atoms with Gasteiger partial charge in [-0.2, -0.15) is 0 Å². The van der Waals surface area contributed by atoms with E-state index in [2.05, 4.69) is 15.6 Å². The fraction of sp³-hybridized carbons (Fsp3) is 0.300. The second-order valence-corrected chi connectivity index (χ2v) is 6.13. The number of carbonyl (C=O) groups is 1. The molecule has 0 saturated heterocycles. The Morgan fingerprint density at radius 1 is 1.15 bits per heavy atom. The Bertz CT molecular complexity index is 809. The van der Waals surface area contributed by atoms with E-state index in [1.807, 2.05) is 30.3 Å². The molecule has 0 atom stereocenters. The molecule has 0 radical (unpaired) electrons. The summed E-state index contributed by atoms with van der Waals surface area (Å²) in [5.74, 6) is 0.710. The standard InChI is InChI=1S/C20H24ClN3O3/c1-22-20(23-11-10-15-6-4-5-7-17(15)21)24-13-14-8-9-18(26-2)16(12-14)19(25)27-3/h4-9,12H,10-11,13H2,1-3H3,(H2,22,23,24). The topological polar surface area (TPSA) is 72.0 Å². The maximum Gasteiger partial charge on any atom is 0.341 e. The van der Waals surface area contributed by atoms with Crippen molar-refractivity contribution in [3.8, 4) is 5.75 Å². The Labute approximate surface area is 164 Å². The normalized spacial score (nSPS) is 11.0. The number of hydrogen-bond acceptors (Lipinski definition) is 4. The van der Waals surface area contributed by atoms with E-state index in [1.165, 1.54) is 14.2 Å². The molecule has 0 aliphatic carbocycles. The van der Waals surface area contributed by atoms with Gasteiger partial charge in [0.1, 0.15) is 11.3 Å². The number of esters is 1. The van der Waals surface area contributed by atoms with Crippen molar-refractivity contribution in [2.45, 2.75) is 13.0 Å². The number of carbonyl (C=O) groups excluding carboxylic acids is 1. The van der Waals surface area contributed by atoms with Crippen molar-refractivity contribution in [3.63, 3.8) is 0 Å². The van der Waals surface area contributed by atoms with Gasteiger partial charge in [0.25, 0.3) is 0 Å². The molecule has 0 spiro atoms. The van der Waals surface area contributed by atoms with Gasteiger partial charge in [0.2, 0.25) is 0 Å². The van der Waals surface area contributed by atoms with E-state index in [9.17, 15) is 4.79 Å². The fourth-order valence-corrected chi connectivity index (χ4v) is 2.79. The van der Waals surface area contributed by atoms with Crippen molar-refractivity contribution in [2.24, 2.45) is 4.99 Å². The second-order valence-electron chi connectivity index (χ2n) is 5.72. The molecule has 2 N–H and O–H groups in total. The summed E-state index contributed by atoms with van der Waals surface area (Å²) in [7, 11) is 4.57. The van der Waals surface area contributed by atoms with Crippen LogP contribution in [0.2, 0.25) is 5.02 Å². The molecule has 0 bridgehead atoms. The molecule has 0 aromatic heterocycles. The molecule has 0 heterocycles. The Morgan fingerprint density at radius 3 is 2.59 bits per heavy atom. The van der Waals surface area contributed by atoms with Crippen LogP contribution in [0.3, 0.4) is 0 Å². The maximum atomic E-state index is 11.9. The zero-order chi connectivity index (χ0) is 19.6. The molecule has 2 aromatic rings. The van der Waals surface area contributed by atoms with Crippen molar-refractivity contribution in [2.75, 3.05) is 27.8 Å². The highest BCUT2D eigenvalue weighted by Crippen LogP contribution is 2.20. The molecular weight excluding hydrogens is 366 g/mol. The number of rotatable bonds is 7. The molecule has 2 aromatic carbocycles. The van der Waals surface area contributed by atoms with Gasteiger partial charge in [0.15, 0.2) is 5.96 Å². The zero-order valence-corrected chi connectivity index (χ0v) is 16.5. The van der Waals surface area contributed by atoms with Crippen LogP contribution in [0.5, 0.6) is 5.75 Å². The first-order chi connectivity index (χ1) is 13.1. The molecule has 2 rings (SSSR count). The van der Waals surface area contributed by atoms with E-state index in [1.54, 1.807) is 19.2 Å². The lowest BCUT2D eigenvalue weighted by atomic mass is 10.1. The maximum absolute atomic E-state index is 11.9. The SMILES string of the molecule is CN=C(NCCc1ccccc1Cl)NCc1ccc(OC)c(C(=O)OC)c1. The lowest BCUT2D eigenvalue weighted by Gasteiger charge is -2.13. The molecule has 27 heavy (non-hydrogen) atoms. The van der Waals surface area contributed by atoms with E-state index < -0.39 is 5.97 Å². The molecule has 6 nitrogen and oxygen atoms in total. The summed E-state index contributed by atoms with van der Waals surface area (Å²) in [6.07, 6.45) is 0.787. The highest BCUT2D eigenvalue weighted by atomic mass is 35.5. The first kappa shape index (κ1) is 20.6. The third kappa shape index (κ3) is 5.89. The lowest BCUT2D eigenvalue weighted by molar-refractivity contribution is 0.0597. The van der Waals surface area contributed by atoms with E-state index in [0.717, 1.165) is 22.6 Å². The Kier molecular flexibility index (Phi) is 7.95. The number of aliphatic imine (C=N–C) groups is 1. The number of hydrogen-bond donors (Lipinski definition) is 2. The van der Waals surface area contributed by atoms with Crippen molar-refractivity contribution < 1.29 is 14.3 Å². The van der Waals surface area contributed by atoms with Crippen LogP contribution in [0.15, 0.2) is 47.5 Å². The van der Waals surface area contributed by atoms with Gasteiger partial charge in [-0.05, 0) is 35.7 Å². The molecule has 144 valence electrons. The zero-order valence-electron chi connectivity index (χ0n) is 15.7. The van der Waals surface area contributed by atoms with Crippen molar-refractivity contribution >= 4 is 23.5 Å². The number of benzene rings is 2. The van der Waals surface area contributed by atoms with E-state index in [-0.39, 0.29) is 0 Å². The van der Waals surface area contributed by atoms with Crippen LogP contribution in [0.4, 0.5) is 0 Å². The molecule has 0 unspecified atom stereocenters. The first-order valence-electron chi connectivity index (χ1n) is 8.52. The number of halogens is 1. The van der Waals surface area contributed by atoms with E-state index in [0.29, 0.717) is 30.4 Å². The molecule has 0 fully saturated rings. The summed E-state index contributed by atoms with van der Waals surface area (Å²) in [6.45, 7) is 1.19. The second kappa shape index (κ2) is 10.4. The average molecular weight is 390 g/mol. The van der Waals surface area contributed by atoms with Crippen molar-refractivity contribution in [3.05, 3.63) is 64.2 Å². The summed E-state index contributed by atoms with van der Waals surface area (Å²) in [5.41, 5.74) is 2.38. The number of nitrogens with one attached hydrogen (secondary N) is 2. The number of methoxy groups -OCH3 is 2. The predicted molar refractivity (Wildman–Crippen MR) is 108 cm³/mol. The third-order valence-corrected chi connectivity index (χ3v) is 4.37. The molecule has 0 aliphatic rings. The Balaban J connectivity index is 1.92. The van der Waals surface area contributed by atoms with Gasteiger partial charge in [-0.1, -0.05) is 35.9 Å². The van der Waals surface area contributed by atoms with Gasteiger partial charge >= 0.3 is 5.97 Å². The molecule has 0 saturated carbocycles. The smallest absolute Gasteiger partial charge is 0.341 e. The molecular formula is C20H24ClN3O3. The van der Waals surface area contributed by atoms with Gasteiger partial charge in [0, 0.05) is 25.2 Å². The molecule has 0 amide bonds. The molecule has 7 heteroatoms. The minimum Gasteiger partial charge on any atom is -0.496 e. The van der Waals surface area contributed by atoms with Gasteiger partial charge in [-0.3, -0.25) is 4.99 Å². The monoisotopic (exact) mass is 389 g/mol. The molecule has 0 aliphatic heterocycles. The summed E-state index contributed by atoms with van der Waals surface area (Å²) in [4.78, 5) is 16.1. The highest BCUT2D eigenvalue weighted by Gasteiger charge is 2.13. The van der Waals surface area contributed by atoms with Crippen LogP contribution in [0.1, 0.15) is 21.5 Å². The van der Waals surface area contributed by atoms with Crippen LogP contribution in [-0.2, 0) is 17.7 Å². The quantitative estimate of drug-likeness (QED) is 0.432. The van der Waals surface area contributed by atoms with Crippen molar-refractivity contribution in [1.29, 1.82) is 0 Å². The van der Waals surface area contributed by atoms with Crippen molar-refractivity contribution in [1.82, 2.24) is 10.6 Å². The largest absolute Gasteiger partial charge is 0.496 e. The lowest BCUT2D eigenvalue weighted by Crippen LogP contribution is -2.37. The Hall–Kier alpha value is -2.73. The van der Waals surface area contributed by atoms with Crippen LogP contribution in [0, 0.1) is 0 Å². The van der Waals surface area contributed by atoms with Gasteiger partial charge in [0.05, 0.1) is 14.2 Å². The number of nitrogens with zero attached hydrogens (tertiary/aromatic N) is 1. The minimum atomic E-state index is -0.434. The van der Waals surface area contributed by atoms with Crippen LogP contribution in [0.25, 0.3) is 0 Å². The minimum absolute atomic E-state index is 0.390. The predicted octanol–water partition coefficient (Wildman–Crippen LogP) is 3.04. The summed E-state index contributed by atoms with van der Waals surface area (Å²) in [5, 5.41) is 7.23. The van der Waals surface area contributed by atoms with Gasteiger partial charge < -0.3 is 20.1 Å². The van der Waals surface area contributed by atoms with Crippen LogP contribution >= 0.6 is 11.6 Å². The van der Waals surface area contributed by atoms with E-state index >= 15 is 0 Å². The van der Waals surface area contributed by atoms with Crippen LogP contribution in [-0.4, -0.2) is 39.7 Å². The first-order valence-corrected chi connectivity index (χ1v) is 8.90. The van der Waals surface area contributed by atoms with E-state index in [4.69, 9.17) is 21.1 Å². The third-order valence-electron chi connectivity index (χ3n) is 4.00. The average Bonchev–Trinajstić information content (AvgIpc) is 2.71. The summed E-state index contributed by atoms with van der Waals surface area (Å²) in [6, 6.07) is 13.1. The fourth-order valence-electron chi connectivity index (χ4n) is 2.56. The Morgan fingerprint density at radius 2 is 1.93 bits per heavy atom. The highest BCUT2D eigenvalue weighted by molar-refractivity contribution is 6.31. The van der Waals surface area contributed by atoms with Gasteiger partial charge in [-0.25, -0.2) is 4.79 Å².